The Kier molecular flexibility index (Phi) is 12.5. The van der Waals surface area contributed by atoms with E-state index in [1.54, 1.807) is 0 Å². The highest BCUT2D eigenvalue weighted by Crippen LogP contribution is 2.06. The second-order valence-electron chi connectivity index (χ2n) is 3.41. The van der Waals surface area contributed by atoms with Gasteiger partial charge in [-0.2, -0.15) is 0 Å². The van der Waals surface area contributed by atoms with Gasteiger partial charge in [0.05, 0.1) is 6.61 Å². The van der Waals surface area contributed by atoms with E-state index in [2.05, 4.69) is 22.4 Å². The minimum atomic E-state index is 0.795. The topological polar surface area (TPSA) is 21.3 Å². The fraction of sp³-hybridized carbons (Fsp3) is 1.00. The summed E-state index contributed by atoms with van der Waals surface area (Å²) in [7, 11) is 2.01. The molecule has 0 aliphatic rings. The van der Waals surface area contributed by atoms with Gasteiger partial charge in [-0.1, -0.05) is 32.1 Å². The molecule has 0 spiro atoms. The highest BCUT2D eigenvalue weighted by molar-refractivity contribution is 7.75. The zero-order valence-corrected chi connectivity index (χ0v) is 9.61. The third-order valence-corrected chi connectivity index (χ3v) is 2.34. The molecule has 0 atom stereocenters. The highest BCUT2D eigenvalue weighted by atomic mass is 32.1. The van der Waals surface area contributed by atoms with Gasteiger partial charge in [-0.25, -0.2) is 0 Å². The molecular weight excluding hydrogens is 182 g/mol. The van der Waals surface area contributed by atoms with Gasteiger partial charge in [0.2, 0.25) is 0 Å². The van der Waals surface area contributed by atoms with E-state index in [1.807, 2.05) is 7.05 Å². The summed E-state index contributed by atoms with van der Waals surface area (Å²) in [6, 6.07) is 0. The summed E-state index contributed by atoms with van der Waals surface area (Å²) in [5.41, 5.74) is 0. The maximum atomic E-state index is 4.69. The Labute approximate surface area is 88.1 Å². The van der Waals surface area contributed by atoms with Crippen molar-refractivity contribution in [3.63, 3.8) is 0 Å². The molecule has 3 heteroatoms. The van der Waals surface area contributed by atoms with Crippen molar-refractivity contribution in [1.29, 1.82) is 0 Å². The molecule has 0 aromatic rings. The van der Waals surface area contributed by atoms with Gasteiger partial charge in [0.25, 0.3) is 0 Å². The summed E-state index contributed by atoms with van der Waals surface area (Å²) < 4.78 is 4.69. The molecular formula is C10H23NOS. The molecule has 0 amide bonds. The van der Waals surface area contributed by atoms with Crippen molar-refractivity contribution in [3.8, 4) is 0 Å². The zero-order valence-electron chi connectivity index (χ0n) is 8.72. The largest absolute Gasteiger partial charge is 0.320 e. The van der Waals surface area contributed by atoms with E-state index in [4.69, 9.17) is 0 Å². The normalized spacial score (nSPS) is 10.6. The SMILES string of the molecule is CNCCCCCCCCCOS. The molecule has 0 rings (SSSR count). The maximum absolute atomic E-state index is 4.69. The molecule has 0 saturated heterocycles. The van der Waals surface area contributed by atoms with E-state index in [9.17, 15) is 0 Å². The molecule has 2 nitrogen and oxygen atoms in total. The van der Waals surface area contributed by atoms with Crippen molar-refractivity contribution in [2.24, 2.45) is 0 Å². The van der Waals surface area contributed by atoms with Crippen LogP contribution in [-0.2, 0) is 4.18 Å². The van der Waals surface area contributed by atoms with Gasteiger partial charge in [0.15, 0.2) is 0 Å². The van der Waals surface area contributed by atoms with Crippen LogP contribution in [0.25, 0.3) is 0 Å². The number of rotatable bonds is 10. The second-order valence-corrected chi connectivity index (χ2v) is 3.67. The summed E-state index contributed by atoms with van der Waals surface area (Å²) in [6.45, 7) is 1.95. The lowest BCUT2D eigenvalue weighted by atomic mass is 10.1. The van der Waals surface area contributed by atoms with Crippen molar-refractivity contribution in [3.05, 3.63) is 0 Å². The lowest BCUT2D eigenvalue weighted by Gasteiger charge is -2.01. The van der Waals surface area contributed by atoms with Crippen LogP contribution in [0.3, 0.4) is 0 Å². The van der Waals surface area contributed by atoms with Gasteiger partial charge in [0.1, 0.15) is 0 Å². The Morgan fingerprint density at radius 3 is 2.00 bits per heavy atom. The van der Waals surface area contributed by atoms with Crippen molar-refractivity contribution in [1.82, 2.24) is 5.32 Å². The lowest BCUT2D eigenvalue weighted by molar-refractivity contribution is 0.361. The summed E-state index contributed by atoms with van der Waals surface area (Å²) in [6.07, 6.45) is 9.21. The number of nitrogens with one attached hydrogen (secondary N) is 1. The fourth-order valence-electron chi connectivity index (χ4n) is 1.35. The van der Waals surface area contributed by atoms with Gasteiger partial charge >= 0.3 is 0 Å². The van der Waals surface area contributed by atoms with Crippen LogP contribution in [0, 0.1) is 0 Å². The maximum Gasteiger partial charge on any atom is 0.0610 e. The molecule has 80 valence electrons. The van der Waals surface area contributed by atoms with Crippen LogP contribution in [0.4, 0.5) is 0 Å². The third kappa shape index (κ3) is 12.3. The average Bonchev–Trinajstić information content (AvgIpc) is 2.16. The van der Waals surface area contributed by atoms with Gasteiger partial charge in [-0.3, -0.25) is 0 Å². The van der Waals surface area contributed by atoms with Crippen LogP contribution in [0.15, 0.2) is 0 Å². The first-order valence-electron chi connectivity index (χ1n) is 5.32. The first kappa shape index (κ1) is 13.3. The molecule has 0 heterocycles. The van der Waals surface area contributed by atoms with Gasteiger partial charge in [-0.05, 0) is 39.3 Å². The lowest BCUT2D eigenvalue weighted by Crippen LogP contribution is -2.06. The Balaban J connectivity index is 2.76. The van der Waals surface area contributed by atoms with E-state index in [0.717, 1.165) is 19.6 Å². The van der Waals surface area contributed by atoms with E-state index < -0.39 is 0 Å². The van der Waals surface area contributed by atoms with Crippen LogP contribution >= 0.6 is 12.9 Å². The molecule has 0 aromatic carbocycles. The van der Waals surface area contributed by atoms with E-state index in [0.29, 0.717) is 0 Å². The number of unbranched alkanes of at least 4 members (excludes halogenated alkanes) is 6. The predicted molar refractivity (Wildman–Crippen MR) is 61.2 cm³/mol. The van der Waals surface area contributed by atoms with Crippen LogP contribution in [-0.4, -0.2) is 20.2 Å². The molecule has 0 saturated carbocycles. The van der Waals surface area contributed by atoms with Crippen LogP contribution in [0.1, 0.15) is 44.9 Å². The minimum absolute atomic E-state index is 0.795. The molecule has 0 aliphatic heterocycles. The van der Waals surface area contributed by atoms with Gasteiger partial charge < -0.3 is 9.50 Å². The van der Waals surface area contributed by atoms with Crippen molar-refractivity contribution in [2.75, 3.05) is 20.2 Å². The summed E-state index contributed by atoms with van der Waals surface area (Å²) in [5, 5.41) is 3.16. The number of hydrogen-bond donors (Lipinski definition) is 2. The van der Waals surface area contributed by atoms with E-state index in [1.165, 1.54) is 38.5 Å². The third-order valence-electron chi connectivity index (χ3n) is 2.16. The summed E-state index contributed by atoms with van der Waals surface area (Å²) in [5.74, 6) is 0. The smallest absolute Gasteiger partial charge is 0.0610 e. The first-order valence-corrected chi connectivity index (χ1v) is 5.69. The zero-order chi connectivity index (χ0) is 9.78. The fourth-order valence-corrected chi connectivity index (χ4v) is 1.48. The highest BCUT2D eigenvalue weighted by Gasteiger charge is 1.91. The number of thiol groups is 1. The van der Waals surface area contributed by atoms with Crippen molar-refractivity contribution in [2.45, 2.75) is 44.9 Å². The molecule has 0 aromatic heterocycles. The first-order chi connectivity index (χ1) is 6.41. The summed E-state index contributed by atoms with van der Waals surface area (Å²) >= 11 is 3.70. The van der Waals surface area contributed by atoms with Crippen LogP contribution < -0.4 is 5.32 Å². The predicted octanol–water partition coefficient (Wildman–Crippen LogP) is 2.80. The Hall–Kier alpha value is 0.270. The monoisotopic (exact) mass is 205 g/mol. The van der Waals surface area contributed by atoms with Crippen LogP contribution in [0.5, 0.6) is 0 Å². The van der Waals surface area contributed by atoms with E-state index in [-0.39, 0.29) is 0 Å². The second kappa shape index (κ2) is 12.3. The standard InChI is InChI=1S/C10H23NOS/c1-11-9-7-5-3-2-4-6-8-10-12-13/h11,13H,2-10H2,1H3. The molecule has 1 N–H and O–H groups in total. The Morgan fingerprint density at radius 2 is 1.46 bits per heavy atom. The number of hydrogen-bond acceptors (Lipinski definition) is 3. The van der Waals surface area contributed by atoms with Gasteiger partial charge in [0, 0.05) is 0 Å². The van der Waals surface area contributed by atoms with Crippen LogP contribution in [0.2, 0.25) is 0 Å². The molecule has 0 unspecified atom stereocenters. The molecule has 0 bridgehead atoms. The van der Waals surface area contributed by atoms with Crippen molar-refractivity contribution >= 4 is 12.9 Å². The Morgan fingerprint density at radius 1 is 0.923 bits per heavy atom. The average molecular weight is 205 g/mol. The molecule has 0 fully saturated rings. The summed E-state index contributed by atoms with van der Waals surface area (Å²) in [4.78, 5) is 0. The Bertz CT molecular complexity index is 81.0. The molecule has 0 radical (unpaired) electrons. The van der Waals surface area contributed by atoms with E-state index >= 15 is 0 Å². The molecule has 13 heavy (non-hydrogen) atoms. The quantitative estimate of drug-likeness (QED) is 0.325. The van der Waals surface area contributed by atoms with Crippen molar-refractivity contribution < 1.29 is 4.18 Å². The minimum Gasteiger partial charge on any atom is -0.320 e. The molecule has 0 aliphatic carbocycles. The van der Waals surface area contributed by atoms with Gasteiger partial charge in [-0.15, -0.1) is 0 Å².